The molecule has 0 amide bonds. The largest absolute Gasteiger partial charge is 4.00 e. The summed E-state index contributed by atoms with van der Waals surface area (Å²) in [7, 11) is 7.00. The molecule has 0 saturated heterocycles. The minimum Gasteiger partial charge on any atom is -0.805 e. The maximum absolute atomic E-state index is 9.71. The number of aromatic nitrogens is 2. The van der Waals surface area contributed by atoms with Crippen LogP contribution >= 0.6 is 0 Å². The van der Waals surface area contributed by atoms with Crippen LogP contribution in [0, 0.1) is 10.8 Å². The van der Waals surface area contributed by atoms with Gasteiger partial charge in [-0.2, -0.15) is 28.2 Å². The summed E-state index contributed by atoms with van der Waals surface area (Å²) in [5, 5.41) is 26.4. The zero-order valence-corrected chi connectivity index (χ0v) is 22.4. The molecule has 0 saturated carbocycles. The van der Waals surface area contributed by atoms with Crippen molar-refractivity contribution in [2.24, 2.45) is 10.8 Å². The van der Waals surface area contributed by atoms with Crippen LogP contribution in [0.1, 0.15) is 52.9 Å². The Morgan fingerprint density at radius 1 is 0.645 bits per heavy atom. The summed E-state index contributed by atoms with van der Waals surface area (Å²) in [6.07, 6.45) is 3.36. The Labute approximate surface area is 205 Å². The van der Waals surface area contributed by atoms with Crippen molar-refractivity contribution in [2.45, 2.75) is 41.5 Å². The zero-order chi connectivity index (χ0) is 23.8. The molecule has 0 fully saturated rings. The fourth-order valence-electron chi connectivity index (χ4n) is 1.77. The number of nitrogens with zero attached hydrogens (tertiary/aromatic N) is 6. The molecule has 0 aromatic carbocycles. The van der Waals surface area contributed by atoms with E-state index < -0.39 is 0 Å². The van der Waals surface area contributed by atoms with Crippen LogP contribution in [0.25, 0.3) is 21.5 Å². The van der Waals surface area contributed by atoms with Crippen LogP contribution in [0.5, 0.6) is 0 Å². The fraction of sp³-hybridized carbons (Fsp3) is 0.500. The van der Waals surface area contributed by atoms with Crippen molar-refractivity contribution >= 4 is 11.4 Å². The van der Waals surface area contributed by atoms with Crippen LogP contribution in [0.15, 0.2) is 48.8 Å². The van der Waals surface area contributed by atoms with Crippen LogP contribution in [0.4, 0.5) is 0 Å². The Morgan fingerprint density at radius 2 is 0.903 bits per heavy atom. The van der Waals surface area contributed by atoms with Crippen molar-refractivity contribution in [2.75, 3.05) is 28.2 Å². The average molecular weight is 458 g/mol. The Balaban J connectivity index is -0.000000394. The first kappa shape index (κ1) is 33.9. The molecule has 0 atom stereocenters. The van der Waals surface area contributed by atoms with Gasteiger partial charge in [0.15, 0.2) is 0 Å². The summed E-state index contributed by atoms with van der Waals surface area (Å²) in [6.45, 7) is 11.7. The number of hydrogen-bond acceptors (Lipinski definition) is 2. The number of hydrogen-bond donors (Lipinski definition) is 0. The summed E-state index contributed by atoms with van der Waals surface area (Å²) in [6, 6.07) is 11.0. The molecule has 2 heterocycles. The van der Waals surface area contributed by atoms with E-state index in [4.69, 9.17) is 0 Å². The predicted octanol–water partition coefficient (Wildman–Crippen LogP) is 6.21. The van der Waals surface area contributed by atoms with E-state index in [0.29, 0.717) is 22.8 Å². The minimum absolute atomic E-state index is 0. The normalized spacial score (nSPS) is 9.87. The van der Waals surface area contributed by atoms with E-state index in [2.05, 4.69) is 20.6 Å². The molecule has 0 aliphatic carbocycles. The third kappa shape index (κ3) is 16.6. The van der Waals surface area contributed by atoms with Crippen molar-refractivity contribution in [3.8, 4) is 0 Å². The Hall–Kier alpha value is -1.73. The first-order chi connectivity index (χ1) is 13.9. The van der Waals surface area contributed by atoms with Crippen LogP contribution in [-0.4, -0.2) is 49.6 Å². The molecule has 0 spiro atoms. The van der Waals surface area contributed by atoms with Gasteiger partial charge in [-0.05, 0) is 35.1 Å². The third-order valence-corrected chi connectivity index (χ3v) is 3.24. The Kier molecular flexibility index (Phi) is 19.6. The minimum atomic E-state index is -0.228. The van der Waals surface area contributed by atoms with Gasteiger partial charge in [0.2, 0.25) is 0 Å². The van der Waals surface area contributed by atoms with Gasteiger partial charge in [-0.3, -0.25) is 9.97 Å². The molecule has 0 radical (unpaired) electrons. The monoisotopic (exact) mass is 458 g/mol. The van der Waals surface area contributed by atoms with Gasteiger partial charge in [0.1, 0.15) is 0 Å². The summed E-state index contributed by atoms with van der Waals surface area (Å²) in [5.41, 5.74) is 1.53. The summed E-state index contributed by atoms with van der Waals surface area (Å²) >= 11 is 0. The second-order valence-corrected chi connectivity index (χ2v) is 8.52. The summed E-state index contributed by atoms with van der Waals surface area (Å²) in [5.74, 6) is 0. The van der Waals surface area contributed by atoms with Crippen LogP contribution < -0.4 is 0 Å². The summed E-state index contributed by atoms with van der Waals surface area (Å²) in [4.78, 5) is 8.12. The van der Waals surface area contributed by atoms with Gasteiger partial charge in [0.25, 0.3) is 0 Å². The van der Waals surface area contributed by atoms with Gasteiger partial charge in [-0.1, -0.05) is 53.7 Å². The average Bonchev–Trinajstić information content (AvgIpc) is 2.68. The van der Waals surface area contributed by atoms with Crippen molar-refractivity contribution in [3.63, 3.8) is 0 Å². The molecule has 31 heavy (non-hydrogen) atoms. The second kappa shape index (κ2) is 17.9. The van der Waals surface area contributed by atoms with E-state index in [9.17, 15) is 10.8 Å². The molecule has 0 bridgehead atoms. The Bertz CT molecular complexity index is 641. The topological polar surface area (TPSA) is 98.6 Å². The van der Waals surface area contributed by atoms with Crippen LogP contribution in [-0.2, 0) is 21.7 Å². The molecular formula is C24H38N6Ti. The SMILES string of the molecule is CC(C)(C)C(=[N-])c1ccccn1.CC(C)(C)C(=[N-])c1ccccn1.C[N-]C.C[N-]C.[Ti+4]. The maximum atomic E-state index is 9.71. The number of rotatable bonds is 2. The van der Waals surface area contributed by atoms with Crippen molar-refractivity contribution in [3.05, 3.63) is 81.6 Å². The van der Waals surface area contributed by atoms with Gasteiger partial charge in [-0.25, -0.2) is 0 Å². The molecule has 0 aliphatic rings. The van der Waals surface area contributed by atoms with Gasteiger partial charge in [0.05, 0.1) is 0 Å². The maximum Gasteiger partial charge on any atom is 4.00 e. The van der Waals surface area contributed by atoms with E-state index >= 15 is 0 Å². The predicted molar refractivity (Wildman–Crippen MR) is 133 cm³/mol. The molecule has 168 valence electrons. The fourth-order valence-corrected chi connectivity index (χ4v) is 1.77. The summed E-state index contributed by atoms with van der Waals surface area (Å²) < 4.78 is 0. The van der Waals surface area contributed by atoms with Crippen molar-refractivity contribution in [1.82, 2.24) is 9.97 Å². The number of pyridine rings is 2. The molecule has 6 nitrogen and oxygen atoms in total. The molecule has 0 aliphatic heterocycles. The molecule has 7 heteroatoms. The first-order valence-corrected chi connectivity index (χ1v) is 9.78. The van der Waals surface area contributed by atoms with Gasteiger partial charge in [0, 0.05) is 23.8 Å². The standard InChI is InChI=1S/2C10H13N2.2C2H6N.Ti/c2*1-10(2,3)9(11)8-6-4-5-7-12-8;2*1-3-2;/h2*4-7H,1-3H3;2*1-2H3;/q4*-1;+4. The first-order valence-electron chi connectivity index (χ1n) is 9.78. The Morgan fingerprint density at radius 3 is 1.06 bits per heavy atom. The van der Waals surface area contributed by atoms with Crippen molar-refractivity contribution in [1.29, 1.82) is 0 Å². The molecular weight excluding hydrogens is 420 g/mol. The quantitative estimate of drug-likeness (QED) is 0.395. The molecule has 0 N–H and O–H groups in total. The molecule has 2 aromatic rings. The molecule has 2 rings (SSSR count). The van der Waals surface area contributed by atoms with Gasteiger partial charge < -0.3 is 21.5 Å². The van der Waals surface area contributed by atoms with E-state index in [-0.39, 0.29) is 32.5 Å². The smallest absolute Gasteiger partial charge is 0.805 e. The van der Waals surface area contributed by atoms with E-state index in [1.54, 1.807) is 52.7 Å². The van der Waals surface area contributed by atoms with Crippen molar-refractivity contribution < 1.29 is 21.7 Å². The van der Waals surface area contributed by atoms with Crippen LogP contribution in [0.3, 0.4) is 0 Å². The molecule has 2 aromatic heterocycles. The second-order valence-electron chi connectivity index (χ2n) is 8.52. The van der Waals surface area contributed by atoms with E-state index in [1.807, 2.05) is 65.8 Å². The van der Waals surface area contributed by atoms with E-state index in [0.717, 1.165) is 0 Å². The van der Waals surface area contributed by atoms with Gasteiger partial charge >= 0.3 is 21.7 Å². The zero-order valence-electron chi connectivity index (χ0n) is 20.8. The van der Waals surface area contributed by atoms with Gasteiger partial charge in [-0.15, -0.1) is 11.4 Å². The third-order valence-electron chi connectivity index (χ3n) is 3.24. The van der Waals surface area contributed by atoms with E-state index in [1.165, 1.54) is 0 Å². The van der Waals surface area contributed by atoms with Crippen LogP contribution in [0.2, 0.25) is 0 Å². The molecule has 0 unspecified atom stereocenters.